The van der Waals surface area contributed by atoms with Crippen molar-refractivity contribution in [1.82, 2.24) is 14.9 Å². The minimum atomic E-state index is 0.217. The van der Waals surface area contributed by atoms with Crippen LogP contribution in [0.4, 0.5) is 0 Å². The monoisotopic (exact) mass is 420 g/mol. The Bertz CT molecular complexity index is 906. The molecule has 7 nitrogen and oxygen atoms in total. The maximum atomic E-state index is 6.07. The average molecular weight is 421 g/mol. The zero-order valence-corrected chi connectivity index (χ0v) is 16.9. The highest BCUT2D eigenvalue weighted by Crippen LogP contribution is 2.21. The largest absolute Gasteiger partial charge is 0.497 e. The molecule has 0 atom stereocenters. The van der Waals surface area contributed by atoms with Crippen LogP contribution in [-0.2, 0) is 6.61 Å². The minimum absolute atomic E-state index is 0.217. The molecule has 3 rings (SSSR count). The van der Waals surface area contributed by atoms with Gasteiger partial charge in [-0.3, -0.25) is 0 Å². The van der Waals surface area contributed by atoms with Crippen LogP contribution in [-0.4, -0.2) is 34.3 Å². The fourth-order valence-corrected chi connectivity index (χ4v) is 3.28. The van der Waals surface area contributed by atoms with Crippen LogP contribution in [0.25, 0.3) is 0 Å². The van der Waals surface area contributed by atoms with Gasteiger partial charge in [-0.2, -0.15) is 0 Å². The standard InChI is InChI=1S/C19H21ClN4O3S/c1-25-15-6-3-8-17(12-15)27-13-18-22-23-19(24(18)21)28-10-4-9-26-16-7-2-5-14(20)11-16/h2-3,5-8,11-12H,4,9-10,13,21H2,1H3. The number of aromatic nitrogens is 3. The van der Waals surface area contributed by atoms with E-state index < -0.39 is 0 Å². The van der Waals surface area contributed by atoms with Crippen LogP contribution in [0.15, 0.2) is 53.7 Å². The van der Waals surface area contributed by atoms with Gasteiger partial charge in [-0.15, -0.1) is 10.2 Å². The van der Waals surface area contributed by atoms with Crippen LogP contribution in [0, 0.1) is 0 Å². The van der Waals surface area contributed by atoms with E-state index in [1.807, 2.05) is 36.4 Å². The van der Waals surface area contributed by atoms with Crippen LogP contribution in [0.1, 0.15) is 12.2 Å². The van der Waals surface area contributed by atoms with E-state index >= 15 is 0 Å². The SMILES string of the molecule is COc1cccc(OCc2nnc(SCCCOc3cccc(Cl)c3)n2N)c1. The van der Waals surface area contributed by atoms with Crippen LogP contribution < -0.4 is 20.1 Å². The number of nitrogens with two attached hydrogens (primary N) is 1. The number of hydrogen-bond acceptors (Lipinski definition) is 7. The molecule has 9 heteroatoms. The molecule has 0 aliphatic carbocycles. The number of halogens is 1. The first kappa shape index (κ1) is 20.2. The summed E-state index contributed by atoms with van der Waals surface area (Å²) in [6, 6.07) is 14.7. The van der Waals surface area contributed by atoms with E-state index in [2.05, 4.69) is 10.2 Å². The Hall–Kier alpha value is -2.58. The molecule has 28 heavy (non-hydrogen) atoms. The van der Waals surface area contributed by atoms with Gasteiger partial charge in [-0.1, -0.05) is 35.5 Å². The van der Waals surface area contributed by atoms with E-state index in [1.54, 1.807) is 19.2 Å². The topological polar surface area (TPSA) is 84.4 Å². The molecule has 2 N–H and O–H groups in total. The second kappa shape index (κ2) is 10.1. The summed E-state index contributed by atoms with van der Waals surface area (Å²) in [4.78, 5) is 0. The van der Waals surface area contributed by atoms with Crippen molar-refractivity contribution in [2.75, 3.05) is 25.3 Å². The molecule has 2 aromatic carbocycles. The Morgan fingerprint density at radius 2 is 1.79 bits per heavy atom. The van der Waals surface area contributed by atoms with Crippen LogP contribution in [0.3, 0.4) is 0 Å². The number of benzene rings is 2. The summed E-state index contributed by atoms with van der Waals surface area (Å²) < 4.78 is 18.0. The van der Waals surface area contributed by atoms with Gasteiger partial charge in [0, 0.05) is 16.8 Å². The lowest BCUT2D eigenvalue weighted by Gasteiger charge is -2.08. The number of thioether (sulfide) groups is 1. The van der Waals surface area contributed by atoms with Gasteiger partial charge >= 0.3 is 0 Å². The second-order valence-electron chi connectivity index (χ2n) is 5.74. The van der Waals surface area contributed by atoms with Crippen LogP contribution in [0.5, 0.6) is 17.2 Å². The highest BCUT2D eigenvalue weighted by molar-refractivity contribution is 7.99. The zero-order valence-electron chi connectivity index (χ0n) is 15.4. The summed E-state index contributed by atoms with van der Waals surface area (Å²) in [5, 5.41) is 9.50. The van der Waals surface area contributed by atoms with Gasteiger partial charge in [-0.25, -0.2) is 4.68 Å². The van der Waals surface area contributed by atoms with Gasteiger partial charge in [0.05, 0.1) is 13.7 Å². The van der Waals surface area contributed by atoms with Crippen molar-refractivity contribution in [1.29, 1.82) is 0 Å². The van der Waals surface area contributed by atoms with Crippen LogP contribution >= 0.6 is 23.4 Å². The molecule has 0 unspecified atom stereocenters. The minimum Gasteiger partial charge on any atom is -0.497 e. The van der Waals surface area contributed by atoms with Crippen molar-refractivity contribution >= 4 is 23.4 Å². The summed E-state index contributed by atoms with van der Waals surface area (Å²) in [6.45, 7) is 0.799. The Morgan fingerprint density at radius 3 is 2.57 bits per heavy atom. The molecule has 0 radical (unpaired) electrons. The Labute approximate surface area is 172 Å². The van der Waals surface area contributed by atoms with Crippen LogP contribution in [0.2, 0.25) is 5.02 Å². The van der Waals surface area contributed by atoms with Gasteiger partial charge in [0.15, 0.2) is 5.82 Å². The Morgan fingerprint density at radius 1 is 1.04 bits per heavy atom. The van der Waals surface area contributed by atoms with Gasteiger partial charge in [0.1, 0.15) is 23.9 Å². The fraction of sp³-hybridized carbons (Fsp3) is 0.263. The third-order valence-corrected chi connectivity index (χ3v) is 4.99. The molecule has 0 bridgehead atoms. The maximum absolute atomic E-state index is 6.07. The van der Waals surface area contributed by atoms with Gasteiger partial charge in [-0.05, 0) is 36.8 Å². The number of methoxy groups -OCH3 is 1. The van der Waals surface area contributed by atoms with Crippen molar-refractivity contribution in [2.45, 2.75) is 18.2 Å². The smallest absolute Gasteiger partial charge is 0.209 e. The van der Waals surface area contributed by atoms with E-state index in [0.29, 0.717) is 28.4 Å². The lowest BCUT2D eigenvalue weighted by molar-refractivity contribution is 0.289. The van der Waals surface area contributed by atoms with Crippen molar-refractivity contribution in [3.63, 3.8) is 0 Å². The molecule has 0 fully saturated rings. The molecule has 1 heterocycles. The predicted molar refractivity (Wildman–Crippen MR) is 110 cm³/mol. The lowest BCUT2D eigenvalue weighted by Crippen LogP contribution is -2.16. The number of hydrogen-bond donors (Lipinski definition) is 1. The molecule has 0 spiro atoms. The Balaban J connectivity index is 1.42. The van der Waals surface area contributed by atoms with Gasteiger partial charge < -0.3 is 20.1 Å². The summed E-state index contributed by atoms with van der Waals surface area (Å²) >= 11 is 7.45. The number of rotatable bonds is 10. The van der Waals surface area contributed by atoms with E-state index in [1.165, 1.54) is 16.4 Å². The lowest BCUT2D eigenvalue weighted by atomic mass is 10.3. The summed E-state index contributed by atoms with van der Waals surface area (Å²) in [5.74, 6) is 9.57. The van der Waals surface area contributed by atoms with E-state index in [4.69, 9.17) is 31.7 Å². The predicted octanol–water partition coefficient (Wildman–Crippen LogP) is 3.79. The average Bonchev–Trinajstić information content (AvgIpc) is 3.06. The van der Waals surface area contributed by atoms with E-state index in [-0.39, 0.29) is 6.61 Å². The normalized spacial score (nSPS) is 10.6. The molecule has 0 saturated heterocycles. The van der Waals surface area contributed by atoms with Crippen molar-refractivity contribution in [2.24, 2.45) is 0 Å². The van der Waals surface area contributed by atoms with Crippen molar-refractivity contribution in [3.8, 4) is 17.2 Å². The second-order valence-corrected chi connectivity index (χ2v) is 7.24. The molecule has 0 saturated carbocycles. The molecular formula is C19H21ClN4O3S. The Kier molecular flexibility index (Phi) is 7.27. The van der Waals surface area contributed by atoms with E-state index in [0.717, 1.165) is 23.7 Å². The summed E-state index contributed by atoms with van der Waals surface area (Å²) in [7, 11) is 1.61. The van der Waals surface area contributed by atoms with Gasteiger partial charge in [0.2, 0.25) is 5.16 Å². The molecule has 0 aliphatic heterocycles. The number of nitrogen functional groups attached to an aromatic ring is 1. The van der Waals surface area contributed by atoms with Crippen molar-refractivity contribution < 1.29 is 14.2 Å². The first-order chi connectivity index (χ1) is 13.7. The quantitative estimate of drug-likeness (QED) is 0.303. The fourth-order valence-electron chi connectivity index (χ4n) is 2.31. The number of nitrogens with zero attached hydrogens (tertiary/aromatic N) is 3. The molecule has 0 amide bonds. The van der Waals surface area contributed by atoms with E-state index in [9.17, 15) is 0 Å². The first-order valence-corrected chi connectivity index (χ1v) is 9.99. The molecule has 148 valence electrons. The zero-order chi connectivity index (χ0) is 19.8. The third-order valence-electron chi connectivity index (χ3n) is 3.73. The summed E-state index contributed by atoms with van der Waals surface area (Å²) in [6.07, 6.45) is 0.833. The highest BCUT2D eigenvalue weighted by Gasteiger charge is 2.11. The maximum Gasteiger partial charge on any atom is 0.209 e. The third kappa shape index (κ3) is 5.71. The molecule has 1 aromatic heterocycles. The van der Waals surface area contributed by atoms with Gasteiger partial charge in [0.25, 0.3) is 0 Å². The van der Waals surface area contributed by atoms with Crippen molar-refractivity contribution in [3.05, 3.63) is 59.4 Å². The number of ether oxygens (including phenoxy) is 3. The first-order valence-electron chi connectivity index (χ1n) is 8.63. The molecule has 3 aromatic rings. The molecular weight excluding hydrogens is 400 g/mol. The summed E-state index contributed by atoms with van der Waals surface area (Å²) in [5.41, 5.74) is 0. The highest BCUT2D eigenvalue weighted by atomic mass is 35.5. The molecule has 0 aliphatic rings.